The predicted octanol–water partition coefficient (Wildman–Crippen LogP) is 15.5. The quantitative estimate of drug-likeness (QED) is 0.178. The molecule has 288 valence electrons. The van der Waals surface area contributed by atoms with Crippen molar-refractivity contribution in [2.75, 3.05) is 4.90 Å². The molecule has 9 aromatic carbocycles. The van der Waals surface area contributed by atoms with Crippen molar-refractivity contribution in [1.82, 2.24) is 0 Å². The number of hydrogen-bond donors (Lipinski definition) is 0. The van der Waals surface area contributed by atoms with Crippen molar-refractivity contribution in [3.8, 4) is 44.9 Å². The summed E-state index contributed by atoms with van der Waals surface area (Å²) in [4.78, 5) is 2.46. The lowest BCUT2D eigenvalue weighted by Crippen LogP contribution is -2.32. The summed E-state index contributed by atoms with van der Waals surface area (Å²) in [5, 5.41) is 2.17. The first-order chi connectivity index (χ1) is 30.0. The predicted molar refractivity (Wildman–Crippen MR) is 249 cm³/mol. The highest BCUT2D eigenvalue weighted by Crippen LogP contribution is 2.63. The number of hydrogen-bond acceptors (Lipinski definition) is 3. The molecule has 10 aromatic rings. The van der Waals surface area contributed by atoms with E-state index >= 15 is 0 Å². The van der Waals surface area contributed by atoms with E-state index in [-0.39, 0.29) is 5.41 Å². The van der Waals surface area contributed by atoms with E-state index in [1.165, 1.54) is 44.5 Å². The zero-order valence-corrected chi connectivity index (χ0v) is 33.8. The van der Waals surface area contributed by atoms with Crippen LogP contribution < -0.4 is 9.64 Å². The second-order valence-electron chi connectivity index (χ2n) is 17.2. The number of benzene rings is 9. The van der Waals surface area contributed by atoms with Gasteiger partial charge in [-0.2, -0.15) is 0 Å². The van der Waals surface area contributed by atoms with Gasteiger partial charge in [0.1, 0.15) is 22.7 Å². The number of nitrogens with zero attached hydrogens (tertiary/aromatic N) is 1. The van der Waals surface area contributed by atoms with Crippen LogP contribution in [0.2, 0.25) is 0 Å². The molecule has 3 nitrogen and oxygen atoms in total. The molecule has 2 heterocycles. The average Bonchev–Trinajstić information content (AvgIpc) is 3.90. The Hall–Kier alpha value is -7.62. The highest BCUT2D eigenvalue weighted by Gasteiger charge is 2.51. The van der Waals surface area contributed by atoms with Crippen LogP contribution in [0.3, 0.4) is 0 Å². The minimum Gasteiger partial charge on any atom is -0.457 e. The van der Waals surface area contributed by atoms with Gasteiger partial charge in [0.05, 0.1) is 22.2 Å². The highest BCUT2D eigenvalue weighted by atomic mass is 16.5. The minimum absolute atomic E-state index is 0.161. The molecule has 3 heteroatoms. The van der Waals surface area contributed by atoms with E-state index in [1.807, 2.05) is 0 Å². The van der Waals surface area contributed by atoms with Crippen LogP contribution in [-0.2, 0) is 10.8 Å². The first-order valence-electron chi connectivity index (χ1n) is 21.2. The molecule has 1 aliphatic heterocycles. The van der Waals surface area contributed by atoms with Crippen molar-refractivity contribution in [3.63, 3.8) is 0 Å². The fraction of sp³-hybridized carbons (Fsp3) is 0.0690. The van der Waals surface area contributed by atoms with Crippen molar-refractivity contribution < 1.29 is 9.15 Å². The smallest absolute Gasteiger partial charge is 0.137 e. The van der Waals surface area contributed by atoms with Crippen molar-refractivity contribution in [1.29, 1.82) is 0 Å². The van der Waals surface area contributed by atoms with Gasteiger partial charge in [-0.25, -0.2) is 0 Å². The molecule has 0 atom stereocenters. The number of anilines is 3. The molecular weight excluding hydrogens is 743 g/mol. The lowest BCUT2D eigenvalue weighted by atomic mass is 9.66. The topological polar surface area (TPSA) is 25.6 Å². The SMILES string of the molecule is CC1(C)c2ccccc2-c2ccc(N(c3ccccc3-c3ccccc3)c3cccc4oc5cc6c(cc5c34)-c3ccccc3C63c4ccccc4Oc4ccccc43)cc21. The van der Waals surface area contributed by atoms with Gasteiger partial charge in [-0.05, 0) is 105 Å². The maximum absolute atomic E-state index is 7.06. The fourth-order valence-electron chi connectivity index (χ4n) is 11.1. The standard InChI is InChI=1S/C58H39NO2/c1-57(2)44-22-9-6-20-39(44)41-32-31-37(33-48(41)57)59(50-26-13-8-19-38(50)36-17-4-3-5-18-36)51-27-16-30-54-56(51)43-34-42-40-21-7-10-23-45(40)58(49(42)35-55(43)61-54)46-24-11-14-28-52(46)60-53-29-15-12-25-47(53)58/h3-35H,1-2H3. The van der Waals surface area contributed by atoms with E-state index in [2.05, 4.69) is 219 Å². The van der Waals surface area contributed by atoms with Crippen molar-refractivity contribution in [2.45, 2.75) is 24.7 Å². The van der Waals surface area contributed by atoms with Gasteiger partial charge in [-0.15, -0.1) is 0 Å². The third kappa shape index (κ3) is 4.58. The van der Waals surface area contributed by atoms with Crippen LogP contribution >= 0.6 is 0 Å². The molecule has 3 aliphatic rings. The molecule has 0 radical (unpaired) electrons. The van der Waals surface area contributed by atoms with E-state index in [4.69, 9.17) is 9.15 Å². The molecule has 1 spiro atoms. The molecule has 1 aromatic heterocycles. The van der Waals surface area contributed by atoms with Crippen LogP contribution in [-0.4, -0.2) is 0 Å². The average molecular weight is 782 g/mol. The summed E-state index contributed by atoms with van der Waals surface area (Å²) in [6, 6.07) is 72.7. The molecule has 0 fully saturated rings. The Morgan fingerprint density at radius 3 is 1.74 bits per heavy atom. The van der Waals surface area contributed by atoms with Crippen molar-refractivity contribution in [2.24, 2.45) is 0 Å². The first-order valence-corrected chi connectivity index (χ1v) is 21.2. The Balaban J connectivity index is 1.10. The molecule has 61 heavy (non-hydrogen) atoms. The first kappa shape index (κ1) is 34.3. The molecule has 0 unspecified atom stereocenters. The maximum atomic E-state index is 7.06. The lowest BCUT2D eigenvalue weighted by Gasteiger charge is -2.39. The number of ether oxygens (including phenoxy) is 1. The summed E-state index contributed by atoms with van der Waals surface area (Å²) < 4.78 is 13.7. The number of rotatable bonds is 4. The van der Waals surface area contributed by atoms with Crippen molar-refractivity contribution in [3.05, 3.63) is 234 Å². The Labute approximate surface area is 354 Å². The Kier molecular flexibility index (Phi) is 6.99. The van der Waals surface area contributed by atoms with Crippen LogP contribution in [0.1, 0.15) is 47.2 Å². The third-order valence-corrected chi connectivity index (χ3v) is 13.7. The monoisotopic (exact) mass is 781 g/mol. The van der Waals surface area contributed by atoms with Crippen LogP contribution in [0.25, 0.3) is 55.3 Å². The van der Waals surface area contributed by atoms with Gasteiger partial charge in [0.25, 0.3) is 0 Å². The number of furan rings is 1. The normalized spacial score (nSPS) is 14.5. The molecule has 0 saturated heterocycles. The van der Waals surface area contributed by atoms with Gasteiger partial charge >= 0.3 is 0 Å². The summed E-state index contributed by atoms with van der Waals surface area (Å²) in [5.74, 6) is 1.76. The molecular formula is C58H39NO2. The summed E-state index contributed by atoms with van der Waals surface area (Å²) in [6.45, 7) is 4.71. The van der Waals surface area contributed by atoms with Gasteiger partial charge < -0.3 is 14.1 Å². The van der Waals surface area contributed by atoms with Gasteiger partial charge in [0, 0.05) is 33.2 Å². The van der Waals surface area contributed by atoms with E-state index in [0.29, 0.717) is 0 Å². The molecule has 0 saturated carbocycles. The Bertz CT molecular complexity index is 3400. The Morgan fingerprint density at radius 2 is 0.984 bits per heavy atom. The van der Waals surface area contributed by atoms with Gasteiger partial charge in [-0.1, -0.05) is 159 Å². The minimum atomic E-state index is -0.581. The molecule has 2 aliphatic carbocycles. The highest BCUT2D eigenvalue weighted by molar-refractivity contribution is 6.16. The van der Waals surface area contributed by atoms with Crippen molar-refractivity contribution >= 4 is 39.0 Å². The number of para-hydroxylation sites is 3. The van der Waals surface area contributed by atoms with E-state index in [0.717, 1.165) is 72.8 Å². The van der Waals surface area contributed by atoms with Gasteiger partial charge in [-0.3, -0.25) is 0 Å². The second-order valence-corrected chi connectivity index (χ2v) is 17.2. The summed E-state index contributed by atoms with van der Waals surface area (Å²) >= 11 is 0. The van der Waals surface area contributed by atoms with E-state index in [1.54, 1.807) is 0 Å². The van der Waals surface area contributed by atoms with Crippen LogP contribution in [0, 0.1) is 0 Å². The molecule has 13 rings (SSSR count). The summed E-state index contributed by atoms with van der Waals surface area (Å²) in [7, 11) is 0. The largest absolute Gasteiger partial charge is 0.457 e. The van der Waals surface area contributed by atoms with E-state index in [9.17, 15) is 0 Å². The third-order valence-electron chi connectivity index (χ3n) is 13.7. The van der Waals surface area contributed by atoms with Crippen LogP contribution in [0.4, 0.5) is 17.1 Å². The zero-order chi connectivity index (χ0) is 40.5. The second kappa shape index (κ2) is 12.5. The molecule has 0 bridgehead atoms. The van der Waals surface area contributed by atoms with Crippen LogP contribution in [0.15, 0.2) is 205 Å². The fourth-order valence-corrected chi connectivity index (χ4v) is 11.1. The van der Waals surface area contributed by atoms with Gasteiger partial charge in [0.2, 0.25) is 0 Å². The number of fused-ring (bicyclic) bond motifs is 15. The zero-order valence-electron chi connectivity index (χ0n) is 33.8. The van der Waals surface area contributed by atoms with E-state index < -0.39 is 5.41 Å². The van der Waals surface area contributed by atoms with Gasteiger partial charge in [0.15, 0.2) is 0 Å². The summed E-state index contributed by atoms with van der Waals surface area (Å²) in [6.07, 6.45) is 0. The lowest BCUT2D eigenvalue weighted by molar-refractivity contribution is 0.436. The molecule has 0 N–H and O–H groups in total. The maximum Gasteiger partial charge on any atom is 0.137 e. The molecule has 0 amide bonds. The Morgan fingerprint density at radius 1 is 0.393 bits per heavy atom. The summed E-state index contributed by atoms with van der Waals surface area (Å²) in [5.41, 5.74) is 19.0. The van der Waals surface area contributed by atoms with Crippen LogP contribution in [0.5, 0.6) is 11.5 Å².